The van der Waals surface area contributed by atoms with Crippen LogP contribution in [0.2, 0.25) is 6.82 Å². The molecule has 0 saturated carbocycles. The lowest BCUT2D eigenvalue weighted by Crippen LogP contribution is -2.53. The summed E-state index contributed by atoms with van der Waals surface area (Å²) in [6, 6.07) is 18.3. The second-order valence-electron chi connectivity index (χ2n) is 9.16. The van der Waals surface area contributed by atoms with E-state index >= 15 is 0 Å². The standard InChI is InChI=1S/C24H30B2N2O4/c1-26(32)28-21(15-18-7-9-20(10-8-18)19-5-3-2-4-6-19)16-22(23(28)30)24(31)11-13-27(14-12-24)25-17-29/h2-10,17,21-22,25,31-32H,11-16H2,1H3/t21-,22?/m1/s1. The summed E-state index contributed by atoms with van der Waals surface area (Å²) in [6.07, 6.45) is 2.95. The van der Waals surface area contributed by atoms with Crippen LogP contribution in [0.3, 0.4) is 0 Å². The maximum absolute atomic E-state index is 13.2. The number of hydrogen-bond acceptors (Lipinski definition) is 5. The highest BCUT2D eigenvalue weighted by Gasteiger charge is 2.52. The molecule has 8 heteroatoms. The molecule has 1 unspecified atom stereocenters. The molecule has 0 aliphatic carbocycles. The van der Waals surface area contributed by atoms with Gasteiger partial charge in [-0.2, -0.15) is 0 Å². The van der Waals surface area contributed by atoms with Crippen LogP contribution in [-0.4, -0.2) is 71.0 Å². The molecule has 2 atom stereocenters. The third-order valence-electron chi connectivity index (χ3n) is 7.09. The van der Waals surface area contributed by atoms with Gasteiger partial charge in [0.05, 0.1) is 17.7 Å². The minimum Gasteiger partial charge on any atom is -0.432 e. The van der Waals surface area contributed by atoms with E-state index in [0.717, 1.165) is 22.9 Å². The summed E-state index contributed by atoms with van der Waals surface area (Å²) in [5.41, 5.74) is 2.30. The molecule has 2 aromatic rings. The SMILES string of the molecule is CB(O)N1C(=O)C(C2(O)CCN(BC=O)CC2)C[C@H]1Cc1ccc(-c2ccccc2)cc1. The molecular formula is C24H30B2N2O4. The Kier molecular flexibility index (Phi) is 6.84. The van der Waals surface area contributed by atoms with E-state index in [9.17, 15) is 19.7 Å². The first kappa shape index (κ1) is 22.8. The quantitative estimate of drug-likeness (QED) is 0.514. The normalized spacial score (nSPS) is 23.2. The highest BCUT2D eigenvalue weighted by molar-refractivity contribution is 6.64. The van der Waals surface area contributed by atoms with Crippen molar-refractivity contribution < 1.29 is 19.7 Å². The summed E-state index contributed by atoms with van der Waals surface area (Å²) in [4.78, 5) is 27.6. The molecular weight excluding hydrogens is 402 g/mol. The molecule has 166 valence electrons. The van der Waals surface area contributed by atoms with Crippen molar-refractivity contribution in [3.8, 4) is 11.1 Å². The topological polar surface area (TPSA) is 81.1 Å². The van der Waals surface area contributed by atoms with Gasteiger partial charge in [0.2, 0.25) is 5.91 Å². The van der Waals surface area contributed by atoms with Crippen molar-refractivity contribution in [1.29, 1.82) is 0 Å². The first-order valence-corrected chi connectivity index (χ1v) is 11.4. The van der Waals surface area contributed by atoms with Gasteiger partial charge in [-0.25, -0.2) is 0 Å². The molecule has 2 heterocycles. The summed E-state index contributed by atoms with van der Waals surface area (Å²) >= 11 is 0. The minimum absolute atomic E-state index is 0.160. The molecule has 0 aromatic heterocycles. The summed E-state index contributed by atoms with van der Waals surface area (Å²) in [6.45, 7) is 2.81. The van der Waals surface area contributed by atoms with Crippen LogP contribution in [0.15, 0.2) is 54.6 Å². The number of carbonyl (C=O) groups is 2. The molecule has 1 amide bonds. The number of amides is 1. The molecule has 2 saturated heterocycles. The van der Waals surface area contributed by atoms with E-state index < -0.39 is 18.6 Å². The van der Waals surface area contributed by atoms with Gasteiger partial charge >= 0.3 is 7.05 Å². The molecule has 2 aromatic carbocycles. The van der Waals surface area contributed by atoms with Crippen molar-refractivity contribution >= 4 is 26.6 Å². The number of hydrogen-bond donors (Lipinski definition) is 2. The van der Waals surface area contributed by atoms with Gasteiger partial charge in [-0.15, -0.1) is 0 Å². The van der Waals surface area contributed by atoms with Gasteiger partial charge < -0.3 is 24.5 Å². The number of carbonyl (C=O) groups excluding carboxylic acids is 2. The van der Waals surface area contributed by atoms with Gasteiger partial charge in [0.15, 0.2) is 0 Å². The van der Waals surface area contributed by atoms with Crippen LogP contribution < -0.4 is 0 Å². The van der Waals surface area contributed by atoms with E-state index in [1.54, 1.807) is 11.6 Å². The van der Waals surface area contributed by atoms with E-state index in [0.29, 0.717) is 46.2 Å². The molecule has 2 aliphatic rings. The molecule has 0 spiro atoms. The van der Waals surface area contributed by atoms with Crippen LogP contribution in [0, 0.1) is 5.92 Å². The van der Waals surface area contributed by atoms with E-state index in [2.05, 4.69) is 36.4 Å². The molecule has 2 N–H and O–H groups in total. The fraction of sp³-hybridized carbons (Fsp3) is 0.417. The van der Waals surface area contributed by atoms with Crippen LogP contribution in [0.5, 0.6) is 0 Å². The Hall–Kier alpha value is -2.41. The smallest absolute Gasteiger partial charge is 0.412 e. The Bertz CT molecular complexity index is 931. The summed E-state index contributed by atoms with van der Waals surface area (Å²) in [5, 5.41) is 21.7. The van der Waals surface area contributed by atoms with Crippen LogP contribution >= 0.6 is 0 Å². The molecule has 2 aliphatic heterocycles. The van der Waals surface area contributed by atoms with E-state index in [-0.39, 0.29) is 11.9 Å². The fourth-order valence-electron chi connectivity index (χ4n) is 5.28. The minimum atomic E-state index is -1.09. The number of aliphatic hydroxyl groups is 1. The van der Waals surface area contributed by atoms with Crippen molar-refractivity contribution in [2.24, 2.45) is 5.92 Å². The highest BCUT2D eigenvalue weighted by atomic mass is 16.3. The Balaban J connectivity index is 1.47. The maximum atomic E-state index is 13.2. The van der Waals surface area contributed by atoms with Crippen molar-refractivity contribution in [2.45, 2.75) is 44.1 Å². The van der Waals surface area contributed by atoms with Crippen LogP contribution in [0.25, 0.3) is 11.1 Å². The number of piperidine rings is 1. The van der Waals surface area contributed by atoms with E-state index in [1.807, 2.05) is 23.0 Å². The zero-order valence-electron chi connectivity index (χ0n) is 18.6. The predicted octanol–water partition coefficient (Wildman–Crippen LogP) is 1.59. The number of rotatable bonds is 7. The van der Waals surface area contributed by atoms with E-state index in [1.165, 1.54) is 0 Å². The van der Waals surface area contributed by atoms with Crippen molar-refractivity contribution in [3.63, 3.8) is 0 Å². The average Bonchev–Trinajstić information content (AvgIpc) is 3.13. The molecule has 4 rings (SSSR count). The van der Waals surface area contributed by atoms with Gasteiger partial charge in [0, 0.05) is 6.04 Å². The third kappa shape index (κ3) is 4.68. The van der Waals surface area contributed by atoms with Gasteiger partial charge in [-0.3, -0.25) is 4.79 Å². The van der Waals surface area contributed by atoms with Gasteiger partial charge in [-0.1, -0.05) is 54.6 Å². The fourth-order valence-corrected chi connectivity index (χ4v) is 5.28. The number of nitrogens with zero attached hydrogens (tertiary/aromatic N) is 2. The zero-order valence-corrected chi connectivity index (χ0v) is 18.6. The van der Waals surface area contributed by atoms with Gasteiger partial charge in [-0.05, 0) is 62.3 Å². The first-order valence-electron chi connectivity index (χ1n) is 11.4. The Morgan fingerprint density at radius 1 is 1.09 bits per heavy atom. The van der Waals surface area contributed by atoms with Crippen molar-refractivity contribution in [3.05, 3.63) is 60.2 Å². The monoisotopic (exact) mass is 432 g/mol. The van der Waals surface area contributed by atoms with Gasteiger partial charge in [0.1, 0.15) is 0 Å². The Morgan fingerprint density at radius 2 is 1.72 bits per heavy atom. The second-order valence-corrected chi connectivity index (χ2v) is 9.16. The summed E-state index contributed by atoms with van der Waals surface area (Å²) in [7, 11) is -0.546. The molecule has 0 radical (unpaired) electrons. The maximum Gasteiger partial charge on any atom is 0.412 e. The van der Waals surface area contributed by atoms with Crippen LogP contribution in [0.4, 0.5) is 0 Å². The highest BCUT2D eigenvalue weighted by Crippen LogP contribution is 2.40. The number of benzene rings is 2. The molecule has 6 nitrogen and oxygen atoms in total. The molecule has 32 heavy (non-hydrogen) atoms. The average molecular weight is 432 g/mol. The zero-order chi connectivity index (χ0) is 22.7. The lowest BCUT2D eigenvalue weighted by atomic mass is 9.75. The summed E-state index contributed by atoms with van der Waals surface area (Å²) < 4.78 is 0. The lowest BCUT2D eigenvalue weighted by molar-refractivity contribution is -0.138. The lowest BCUT2D eigenvalue weighted by Gasteiger charge is -2.40. The first-order chi connectivity index (χ1) is 15.4. The molecule has 2 fully saturated rings. The van der Waals surface area contributed by atoms with Crippen LogP contribution in [0.1, 0.15) is 24.8 Å². The van der Waals surface area contributed by atoms with E-state index in [4.69, 9.17) is 0 Å². The Morgan fingerprint density at radius 3 is 2.31 bits per heavy atom. The van der Waals surface area contributed by atoms with Crippen LogP contribution in [-0.2, 0) is 16.0 Å². The third-order valence-corrected chi connectivity index (χ3v) is 7.09. The van der Waals surface area contributed by atoms with Crippen molar-refractivity contribution in [2.75, 3.05) is 13.1 Å². The van der Waals surface area contributed by atoms with Crippen molar-refractivity contribution in [1.82, 2.24) is 9.62 Å². The molecule has 0 bridgehead atoms. The largest absolute Gasteiger partial charge is 0.432 e. The summed E-state index contributed by atoms with van der Waals surface area (Å²) in [5.74, 6) is -0.693. The predicted molar refractivity (Wildman–Crippen MR) is 128 cm³/mol. The Labute approximate surface area is 190 Å². The second kappa shape index (κ2) is 9.61. The van der Waals surface area contributed by atoms with Gasteiger partial charge in [0.25, 0.3) is 7.41 Å².